The van der Waals surface area contributed by atoms with Gasteiger partial charge < -0.3 is 18.9 Å². The highest BCUT2D eigenvalue weighted by molar-refractivity contribution is 5.77. The molecule has 8 heteroatoms. The Bertz CT molecular complexity index is 723. The molecule has 0 aliphatic heterocycles. The van der Waals surface area contributed by atoms with Crippen molar-refractivity contribution in [3.8, 4) is 0 Å². The van der Waals surface area contributed by atoms with Crippen molar-refractivity contribution >= 4 is 23.9 Å². The number of unbranched alkanes of at least 4 members (excludes halogenated alkanes) is 20. The van der Waals surface area contributed by atoms with Gasteiger partial charge in [-0.15, -0.1) is 0 Å². The summed E-state index contributed by atoms with van der Waals surface area (Å²) >= 11 is 0. The van der Waals surface area contributed by atoms with E-state index >= 15 is 0 Å². The second-order valence-electron chi connectivity index (χ2n) is 12.4. The number of hydrogen-bond acceptors (Lipinski definition) is 8. The van der Waals surface area contributed by atoms with Gasteiger partial charge in [-0.25, -0.2) is 0 Å². The first-order valence-electron chi connectivity index (χ1n) is 18.6. The molecule has 0 saturated heterocycles. The van der Waals surface area contributed by atoms with Crippen molar-refractivity contribution in [3.63, 3.8) is 0 Å². The lowest BCUT2D eigenvalue weighted by Crippen LogP contribution is -2.31. The minimum absolute atomic E-state index is 0.0794. The van der Waals surface area contributed by atoms with E-state index in [1.54, 1.807) is 6.92 Å². The lowest BCUT2D eigenvalue weighted by molar-refractivity contribution is -0.167. The lowest BCUT2D eigenvalue weighted by Gasteiger charge is -2.18. The van der Waals surface area contributed by atoms with E-state index in [-0.39, 0.29) is 51.0 Å². The van der Waals surface area contributed by atoms with E-state index in [0.717, 1.165) is 38.5 Å². The highest BCUT2D eigenvalue weighted by Gasteiger charge is 2.20. The highest BCUT2D eigenvalue weighted by atomic mass is 16.6. The van der Waals surface area contributed by atoms with Crippen LogP contribution in [0.4, 0.5) is 0 Å². The van der Waals surface area contributed by atoms with Gasteiger partial charge in [0.1, 0.15) is 13.2 Å². The summed E-state index contributed by atoms with van der Waals surface area (Å²) in [5, 5.41) is 0. The highest BCUT2D eigenvalue weighted by Crippen LogP contribution is 2.14. The van der Waals surface area contributed by atoms with Crippen LogP contribution in [-0.2, 0) is 38.1 Å². The summed E-state index contributed by atoms with van der Waals surface area (Å²) in [6.45, 7) is 6.03. The van der Waals surface area contributed by atoms with Crippen LogP contribution in [0.2, 0.25) is 0 Å². The monoisotopic (exact) mass is 640 g/mol. The molecule has 1 atom stereocenters. The fraction of sp³-hybridized carbons (Fsp3) is 0.892. The van der Waals surface area contributed by atoms with Gasteiger partial charge in [0.25, 0.3) is 0 Å². The second kappa shape index (κ2) is 33.2. The molecule has 0 rings (SSSR count). The maximum atomic E-state index is 12.5. The minimum Gasteiger partial charge on any atom is -0.466 e. The first kappa shape index (κ1) is 42.9. The van der Waals surface area contributed by atoms with Gasteiger partial charge >= 0.3 is 23.9 Å². The standard InChI is InChI=1S/C37H68O8/c1-4-7-9-11-13-15-17-19-21-23-25-27-34(38)43-31-33(32-44-36(40)30-29-35(39)42-6-3)45-37(41)28-26-24-22-20-18-16-14-12-10-8-5-2/h33H,4-32H2,1-3H3. The average molecular weight is 641 g/mol. The Morgan fingerprint density at radius 1 is 0.378 bits per heavy atom. The Kier molecular flexibility index (Phi) is 31.7. The predicted molar refractivity (Wildman–Crippen MR) is 180 cm³/mol. The van der Waals surface area contributed by atoms with Crippen LogP contribution in [-0.4, -0.2) is 49.8 Å². The maximum absolute atomic E-state index is 12.5. The number of ether oxygens (including phenoxy) is 4. The zero-order valence-corrected chi connectivity index (χ0v) is 29.3. The molecule has 0 aliphatic rings. The molecule has 8 nitrogen and oxygen atoms in total. The van der Waals surface area contributed by atoms with Gasteiger partial charge in [0.2, 0.25) is 0 Å². The Hall–Kier alpha value is -2.12. The third kappa shape index (κ3) is 31.6. The van der Waals surface area contributed by atoms with Crippen molar-refractivity contribution in [3.05, 3.63) is 0 Å². The molecular weight excluding hydrogens is 572 g/mol. The molecule has 1 unspecified atom stereocenters. The second-order valence-corrected chi connectivity index (χ2v) is 12.4. The van der Waals surface area contributed by atoms with Gasteiger partial charge in [0.05, 0.1) is 19.4 Å². The summed E-state index contributed by atoms with van der Waals surface area (Å²) in [6.07, 6.45) is 25.8. The molecule has 0 aliphatic carbocycles. The van der Waals surface area contributed by atoms with E-state index in [1.807, 2.05) is 0 Å². The van der Waals surface area contributed by atoms with E-state index in [9.17, 15) is 19.2 Å². The Morgan fingerprint density at radius 2 is 0.689 bits per heavy atom. The molecule has 0 amide bonds. The van der Waals surface area contributed by atoms with Gasteiger partial charge in [-0.1, -0.05) is 142 Å². The molecule has 0 heterocycles. The van der Waals surface area contributed by atoms with Gasteiger partial charge in [-0.2, -0.15) is 0 Å². The number of rotatable bonds is 33. The van der Waals surface area contributed by atoms with E-state index in [4.69, 9.17) is 18.9 Å². The average Bonchev–Trinajstić information content (AvgIpc) is 3.02. The summed E-state index contributed by atoms with van der Waals surface area (Å²) in [4.78, 5) is 48.5. The first-order chi connectivity index (χ1) is 21.9. The fourth-order valence-electron chi connectivity index (χ4n) is 5.18. The van der Waals surface area contributed by atoms with Crippen molar-refractivity contribution in [2.75, 3.05) is 19.8 Å². The van der Waals surface area contributed by atoms with Crippen molar-refractivity contribution in [2.24, 2.45) is 0 Å². The summed E-state index contributed by atoms with van der Waals surface area (Å²) in [5.74, 6) is -1.80. The molecule has 0 fully saturated rings. The molecular formula is C37H68O8. The molecule has 0 saturated carbocycles. The normalized spacial score (nSPS) is 11.6. The molecule has 45 heavy (non-hydrogen) atoms. The van der Waals surface area contributed by atoms with Crippen LogP contribution in [0.15, 0.2) is 0 Å². The summed E-state index contributed by atoms with van der Waals surface area (Å²) in [6, 6.07) is 0. The molecule has 264 valence electrons. The fourth-order valence-corrected chi connectivity index (χ4v) is 5.18. The summed E-state index contributed by atoms with van der Waals surface area (Å²) in [7, 11) is 0. The molecule has 0 N–H and O–H groups in total. The third-order valence-electron chi connectivity index (χ3n) is 7.97. The topological polar surface area (TPSA) is 105 Å². The zero-order valence-electron chi connectivity index (χ0n) is 29.3. The molecule has 0 aromatic heterocycles. The van der Waals surface area contributed by atoms with Crippen LogP contribution in [0.25, 0.3) is 0 Å². The smallest absolute Gasteiger partial charge is 0.306 e. The summed E-state index contributed by atoms with van der Waals surface area (Å²) < 4.78 is 21.0. The Labute approximate surface area is 275 Å². The van der Waals surface area contributed by atoms with Crippen molar-refractivity contribution in [2.45, 2.75) is 194 Å². The van der Waals surface area contributed by atoms with Crippen LogP contribution in [0.5, 0.6) is 0 Å². The molecule has 0 bridgehead atoms. The van der Waals surface area contributed by atoms with Crippen LogP contribution >= 0.6 is 0 Å². The number of esters is 4. The van der Waals surface area contributed by atoms with Crippen LogP contribution < -0.4 is 0 Å². The largest absolute Gasteiger partial charge is 0.466 e. The summed E-state index contributed by atoms with van der Waals surface area (Å²) in [5.41, 5.74) is 0. The quantitative estimate of drug-likeness (QED) is 0.0397. The maximum Gasteiger partial charge on any atom is 0.306 e. The van der Waals surface area contributed by atoms with Crippen LogP contribution in [0, 0.1) is 0 Å². The van der Waals surface area contributed by atoms with Gasteiger partial charge in [0.15, 0.2) is 6.10 Å². The van der Waals surface area contributed by atoms with Crippen molar-refractivity contribution in [1.29, 1.82) is 0 Å². The number of carbonyl (C=O) groups is 4. The van der Waals surface area contributed by atoms with E-state index in [1.165, 1.54) is 103 Å². The zero-order chi connectivity index (χ0) is 33.2. The van der Waals surface area contributed by atoms with Crippen molar-refractivity contribution < 1.29 is 38.1 Å². The minimum atomic E-state index is -0.877. The van der Waals surface area contributed by atoms with E-state index < -0.39 is 18.0 Å². The van der Waals surface area contributed by atoms with Gasteiger partial charge in [-0.05, 0) is 19.8 Å². The lowest BCUT2D eigenvalue weighted by atomic mass is 10.1. The predicted octanol–water partition coefficient (Wildman–Crippen LogP) is 9.73. The molecule has 0 aromatic carbocycles. The van der Waals surface area contributed by atoms with Gasteiger partial charge in [-0.3, -0.25) is 19.2 Å². The van der Waals surface area contributed by atoms with E-state index in [2.05, 4.69) is 13.8 Å². The molecule has 0 spiro atoms. The SMILES string of the molecule is CCCCCCCCCCCCCC(=O)OCC(COC(=O)CCC(=O)OCC)OC(=O)CCCCCCCCCCCCC. The number of carbonyl (C=O) groups excluding carboxylic acids is 4. The Balaban J connectivity index is 4.31. The van der Waals surface area contributed by atoms with Gasteiger partial charge in [0, 0.05) is 12.8 Å². The molecule has 0 aromatic rings. The third-order valence-corrected chi connectivity index (χ3v) is 7.97. The van der Waals surface area contributed by atoms with Crippen LogP contribution in [0.3, 0.4) is 0 Å². The first-order valence-corrected chi connectivity index (χ1v) is 18.6. The molecule has 0 radical (unpaired) electrons. The van der Waals surface area contributed by atoms with Crippen LogP contribution in [0.1, 0.15) is 188 Å². The van der Waals surface area contributed by atoms with E-state index in [0.29, 0.717) is 6.42 Å². The Morgan fingerprint density at radius 3 is 1.07 bits per heavy atom. The number of hydrogen-bond donors (Lipinski definition) is 0. The van der Waals surface area contributed by atoms with Crippen molar-refractivity contribution in [1.82, 2.24) is 0 Å².